The minimum Gasteiger partial charge on any atom is -0.102 e. The van der Waals surface area contributed by atoms with Crippen LogP contribution < -0.4 is 0 Å². The van der Waals surface area contributed by atoms with Gasteiger partial charge >= 0.3 is 0 Å². The van der Waals surface area contributed by atoms with Gasteiger partial charge in [-0.1, -0.05) is 40.7 Å². The first-order valence-corrected chi connectivity index (χ1v) is 4.85. The Bertz CT molecular complexity index is 326. The van der Waals surface area contributed by atoms with Crippen molar-refractivity contribution in [1.29, 1.82) is 0 Å². The number of rotatable bonds is 3. The molecule has 0 aliphatic rings. The Balaban J connectivity index is 3.14. The van der Waals surface area contributed by atoms with E-state index in [2.05, 4.69) is 42.1 Å². The molecule has 1 radical (unpaired) electrons. The van der Waals surface area contributed by atoms with E-state index in [1.807, 2.05) is 24.3 Å². The van der Waals surface area contributed by atoms with Crippen LogP contribution in [0.25, 0.3) is 6.08 Å². The summed E-state index contributed by atoms with van der Waals surface area (Å²) in [6, 6.07) is 6.13. The second kappa shape index (κ2) is 4.43. The molecule has 0 heterocycles. The Labute approximate surface area is 88.1 Å². The summed E-state index contributed by atoms with van der Waals surface area (Å²) in [4.78, 5) is 0. The van der Waals surface area contributed by atoms with E-state index in [9.17, 15) is 0 Å². The van der Waals surface area contributed by atoms with Gasteiger partial charge in [0.15, 0.2) is 0 Å². The highest BCUT2D eigenvalue weighted by molar-refractivity contribution is 9.10. The van der Waals surface area contributed by atoms with Gasteiger partial charge in [0.25, 0.3) is 0 Å². The van der Waals surface area contributed by atoms with Crippen molar-refractivity contribution < 1.29 is 0 Å². The summed E-state index contributed by atoms with van der Waals surface area (Å²) < 4.78 is 1.05. The fourth-order valence-electron chi connectivity index (χ4n) is 1.10. The third-order valence-corrected chi connectivity index (χ3v) is 2.35. The lowest BCUT2D eigenvalue weighted by atomic mass is 9.99. The zero-order valence-corrected chi connectivity index (χ0v) is 9.05. The normalized spacial score (nSPS) is 12.2. The van der Waals surface area contributed by atoms with Gasteiger partial charge in [0, 0.05) is 10.4 Å². The minimum absolute atomic E-state index is 0.135. The average Bonchev–Trinajstić information content (AvgIpc) is 2.15. The Morgan fingerprint density at radius 3 is 2.46 bits per heavy atom. The maximum Gasteiger partial charge on any atom is 0.0184 e. The van der Waals surface area contributed by atoms with E-state index < -0.39 is 0 Å². The first kappa shape index (κ1) is 10.3. The lowest BCUT2D eigenvalue weighted by Gasteiger charge is -2.07. The quantitative estimate of drug-likeness (QED) is 0.690. The van der Waals surface area contributed by atoms with Crippen LogP contribution in [0.5, 0.6) is 0 Å². The predicted octanol–water partition coefficient (Wildman–Crippen LogP) is 4.20. The molecule has 0 bridgehead atoms. The Kier molecular flexibility index (Phi) is 3.49. The summed E-state index contributed by atoms with van der Waals surface area (Å²) in [6.45, 7) is 11.4. The highest BCUT2D eigenvalue weighted by Crippen LogP contribution is 2.23. The van der Waals surface area contributed by atoms with E-state index in [0.717, 1.165) is 15.6 Å². The van der Waals surface area contributed by atoms with Gasteiger partial charge in [-0.3, -0.25) is 0 Å². The number of halogens is 1. The number of hydrogen-bond donors (Lipinski definition) is 0. The van der Waals surface area contributed by atoms with Crippen LogP contribution in [-0.2, 0) is 0 Å². The maximum atomic E-state index is 3.97. The molecule has 1 aromatic rings. The maximum absolute atomic E-state index is 3.97. The minimum atomic E-state index is 0.135. The second-order valence-corrected chi connectivity index (χ2v) is 3.78. The summed E-state index contributed by atoms with van der Waals surface area (Å²) in [5, 5.41) is 0. The van der Waals surface area contributed by atoms with E-state index in [1.165, 1.54) is 0 Å². The summed E-state index contributed by atoms with van der Waals surface area (Å²) in [5.74, 6) is 0.135. The highest BCUT2D eigenvalue weighted by atomic mass is 79.9. The van der Waals surface area contributed by atoms with Crippen molar-refractivity contribution in [3.8, 4) is 0 Å². The van der Waals surface area contributed by atoms with Gasteiger partial charge in [-0.2, -0.15) is 0 Å². The van der Waals surface area contributed by atoms with Crippen LogP contribution in [-0.4, -0.2) is 0 Å². The predicted molar refractivity (Wildman–Crippen MR) is 62.5 cm³/mol. The van der Waals surface area contributed by atoms with Crippen LogP contribution in [0.3, 0.4) is 0 Å². The van der Waals surface area contributed by atoms with Crippen LogP contribution >= 0.6 is 15.9 Å². The van der Waals surface area contributed by atoms with Gasteiger partial charge in [0.2, 0.25) is 0 Å². The van der Waals surface area contributed by atoms with Crippen molar-refractivity contribution in [3.05, 3.63) is 60.0 Å². The van der Waals surface area contributed by atoms with Crippen molar-refractivity contribution in [2.24, 2.45) is 0 Å². The van der Waals surface area contributed by atoms with E-state index in [4.69, 9.17) is 0 Å². The van der Waals surface area contributed by atoms with Crippen molar-refractivity contribution in [3.63, 3.8) is 0 Å². The molecule has 13 heavy (non-hydrogen) atoms. The molecule has 0 saturated heterocycles. The monoisotopic (exact) mass is 235 g/mol. The molecule has 0 spiro atoms. The van der Waals surface area contributed by atoms with Crippen LogP contribution in [0.1, 0.15) is 17.0 Å². The standard InChI is InChI=1S/C12H12Br/c1-4-9(3)11-6-10(5-2)7-12(13)8-11/h4-9H,1-3H2. The highest BCUT2D eigenvalue weighted by Gasteiger charge is 2.02. The first-order valence-electron chi connectivity index (χ1n) is 4.06. The molecule has 1 rings (SSSR count). The molecule has 0 amide bonds. The van der Waals surface area contributed by atoms with Gasteiger partial charge < -0.3 is 0 Å². The van der Waals surface area contributed by atoms with E-state index >= 15 is 0 Å². The molecule has 1 atom stereocenters. The van der Waals surface area contributed by atoms with E-state index in [1.54, 1.807) is 0 Å². The fourth-order valence-corrected chi connectivity index (χ4v) is 1.63. The topological polar surface area (TPSA) is 0 Å². The van der Waals surface area contributed by atoms with Gasteiger partial charge in [-0.25, -0.2) is 0 Å². The van der Waals surface area contributed by atoms with E-state index in [-0.39, 0.29) is 5.92 Å². The first-order chi connectivity index (χ1) is 6.17. The van der Waals surface area contributed by atoms with Gasteiger partial charge in [-0.15, -0.1) is 6.58 Å². The molecule has 1 heteroatoms. The molecule has 0 aromatic heterocycles. The lowest BCUT2D eigenvalue weighted by Crippen LogP contribution is -1.89. The zero-order valence-electron chi connectivity index (χ0n) is 7.46. The summed E-state index contributed by atoms with van der Waals surface area (Å²) >= 11 is 3.44. The smallest absolute Gasteiger partial charge is 0.0184 e. The van der Waals surface area contributed by atoms with Crippen LogP contribution in [0.15, 0.2) is 41.9 Å². The Morgan fingerprint density at radius 1 is 1.23 bits per heavy atom. The van der Waals surface area contributed by atoms with Crippen molar-refractivity contribution in [2.75, 3.05) is 0 Å². The molecule has 0 nitrogen and oxygen atoms in total. The SMILES string of the molecule is [CH2]C(C=C)c1cc(Br)cc(C=C)c1. The molecule has 0 aliphatic carbocycles. The van der Waals surface area contributed by atoms with Gasteiger partial charge in [0.05, 0.1) is 0 Å². The van der Waals surface area contributed by atoms with Gasteiger partial charge in [0.1, 0.15) is 0 Å². The fraction of sp³-hybridized carbons (Fsp3) is 0.0833. The molecule has 67 valence electrons. The average molecular weight is 236 g/mol. The van der Waals surface area contributed by atoms with Crippen LogP contribution in [0.2, 0.25) is 0 Å². The third-order valence-electron chi connectivity index (χ3n) is 1.89. The van der Waals surface area contributed by atoms with Crippen molar-refractivity contribution >= 4 is 22.0 Å². The summed E-state index contributed by atoms with van der Waals surface area (Å²) in [5.41, 5.74) is 2.25. The molecule has 0 fully saturated rings. The Morgan fingerprint density at radius 2 is 1.92 bits per heavy atom. The molecule has 0 aliphatic heterocycles. The Hall–Kier alpha value is -0.820. The molecule has 1 aromatic carbocycles. The third kappa shape index (κ3) is 2.56. The largest absolute Gasteiger partial charge is 0.102 e. The molecular formula is C12H12Br. The van der Waals surface area contributed by atoms with Crippen LogP contribution in [0.4, 0.5) is 0 Å². The molecule has 1 unspecified atom stereocenters. The van der Waals surface area contributed by atoms with Crippen molar-refractivity contribution in [2.45, 2.75) is 5.92 Å². The molecular weight excluding hydrogens is 224 g/mol. The number of allylic oxidation sites excluding steroid dienone is 1. The van der Waals surface area contributed by atoms with Crippen molar-refractivity contribution in [1.82, 2.24) is 0 Å². The number of hydrogen-bond acceptors (Lipinski definition) is 0. The lowest BCUT2D eigenvalue weighted by molar-refractivity contribution is 1.08. The zero-order chi connectivity index (χ0) is 9.84. The molecule has 0 saturated carbocycles. The van der Waals surface area contributed by atoms with Crippen LogP contribution in [0, 0.1) is 6.92 Å². The number of benzene rings is 1. The van der Waals surface area contributed by atoms with E-state index in [0.29, 0.717) is 0 Å². The molecule has 0 N–H and O–H groups in total. The van der Waals surface area contributed by atoms with Gasteiger partial charge in [-0.05, 0) is 30.2 Å². The second-order valence-electron chi connectivity index (χ2n) is 2.86. The summed E-state index contributed by atoms with van der Waals surface area (Å²) in [7, 11) is 0. The summed E-state index contributed by atoms with van der Waals surface area (Å²) in [6.07, 6.45) is 3.65.